The molecule has 0 fully saturated rings. The molecule has 0 aliphatic heterocycles. The molecule has 1 N–H and O–H groups in total. The summed E-state index contributed by atoms with van der Waals surface area (Å²) in [4.78, 5) is 0. The summed E-state index contributed by atoms with van der Waals surface area (Å²) in [6.07, 6.45) is 0. The number of aromatic nitrogens is 3. The average molecular weight is 363 g/mol. The first kappa shape index (κ1) is 18.1. The minimum absolute atomic E-state index is 0.333. The Balaban J connectivity index is 2.40. The number of hydrogen-bond acceptors (Lipinski definition) is 3. The molecule has 26 heavy (non-hydrogen) atoms. The smallest absolute Gasteiger partial charge is 0.200 e. The van der Waals surface area contributed by atoms with Crippen LogP contribution in [0.5, 0.6) is 0 Å². The third-order valence-electron chi connectivity index (χ3n) is 4.53. The van der Waals surface area contributed by atoms with E-state index in [9.17, 15) is 5.26 Å². The predicted octanol–water partition coefficient (Wildman–Crippen LogP) is 5.72. The molecule has 0 spiro atoms. The van der Waals surface area contributed by atoms with Crippen molar-refractivity contribution in [1.82, 2.24) is 14.8 Å². The average Bonchev–Trinajstić information content (AvgIpc) is 3.01. The second-order valence-electron chi connectivity index (χ2n) is 6.94. The Bertz CT molecular complexity index is 1010. The van der Waals surface area contributed by atoms with Gasteiger partial charge in [-0.1, -0.05) is 58.0 Å². The quantitative estimate of drug-likeness (QED) is 0.604. The van der Waals surface area contributed by atoms with Crippen LogP contribution in [0.25, 0.3) is 17.1 Å². The van der Waals surface area contributed by atoms with Gasteiger partial charge in [0.15, 0.2) is 10.6 Å². The van der Waals surface area contributed by atoms with Crippen molar-refractivity contribution in [1.29, 1.82) is 5.26 Å². The molecule has 1 heterocycles. The Kier molecular flexibility index (Phi) is 5.06. The third kappa shape index (κ3) is 3.09. The van der Waals surface area contributed by atoms with Crippen molar-refractivity contribution in [2.24, 2.45) is 0 Å². The molecule has 0 atom stereocenters. The van der Waals surface area contributed by atoms with Crippen LogP contribution in [-0.4, -0.2) is 14.8 Å². The van der Waals surface area contributed by atoms with E-state index in [1.165, 1.54) is 11.1 Å². The molecule has 2 aromatic carbocycles. The van der Waals surface area contributed by atoms with E-state index < -0.39 is 0 Å². The van der Waals surface area contributed by atoms with Gasteiger partial charge in [0, 0.05) is 5.56 Å². The maximum Gasteiger partial charge on any atom is 0.200 e. The number of hydrogen-bond donors (Lipinski definition) is 1. The molecule has 0 aliphatic rings. The van der Waals surface area contributed by atoms with Crippen LogP contribution < -0.4 is 0 Å². The van der Waals surface area contributed by atoms with Gasteiger partial charge in [-0.05, 0) is 47.3 Å². The highest BCUT2D eigenvalue weighted by molar-refractivity contribution is 7.71. The van der Waals surface area contributed by atoms with E-state index >= 15 is 0 Å². The number of benzene rings is 2. The van der Waals surface area contributed by atoms with E-state index in [0.717, 1.165) is 11.3 Å². The van der Waals surface area contributed by atoms with Crippen LogP contribution in [-0.2, 0) is 0 Å². The summed E-state index contributed by atoms with van der Waals surface area (Å²) in [5.74, 6) is 1.33. The van der Waals surface area contributed by atoms with E-state index in [2.05, 4.69) is 62.2 Å². The van der Waals surface area contributed by atoms with Crippen molar-refractivity contribution in [3.63, 3.8) is 0 Å². The van der Waals surface area contributed by atoms with Gasteiger partial charge in [0.2, 0.25) is 0 Å². The Morgan fingerprint density at radius 1 is 1.00 bits per heavy atom. The molecule has 0 amide bonds. The predicted molar refractivity (Wildman–Crippen MR) is 107 cm³/mol. The van der Waals surface area contributed by atoms with Crippen LogP contribution in [0.4, 0.5) is 0 Å². The van der Waals surface area contributed by atoms with Crippen molar-refractivity contribution in [2.75, 3.05) is 0 Å². The molecule has 132 valence electrons. The Hall–Kier alpha value is -2.71. The van der Waals surface area contributed by atoms with Crippen molar-refractivity contribution in [3.8, 4) is 23.1 Å². The number of nitrogens with zero attached hydrogens (tertiary/aromatic N) is 3. The molecule has 5 heteroatoms. The topological polar surface area (TPSA) is 57.4 Å². The lowest BCUT2D eigenvalue weighted by Crippen LogP contribution is -2.09. The maximum atomic E-state index is 9.51. The van der Waals surface area contributed by atoms with Gasteiger partial charge in [-0.2, -0.15) is 10.4 Å². The first-order valence-electron chi connectivity index (χ1n) is 8.75. The number of aromatic amines is 1. The van der Waals surface area contributed by atoms with Crippen LogP contribution in [0.15, 0.2) is 42.5 Å². The standard InChI is InChI=1S/C21H22N4S/c1-13(2)16-10-7-11-17(14(3)4)19(16)25-20(23-24-21(25)26)18-9-6-5-8-15(18)12-22/h5-11,13-14H,1-4H3,(H,24,26). The number of nitriles is 1. The molecule has 1 aromatic heterocycles. The first-order chi connectivity index (χ1) is 12.5. The van der Waals surface area contributed by atoms with Crippen molar-refractivity contribution >= 4 is 12.2 Å². The highest BCUT2D eigenvalue weighted by atomic mass is 32.1. The van der Waals surface area contributed by atoms with E-state index in [1.54, 1.807) is 6.07 Å². The molecule has 0 saturated carbocycles. The maximum absolute atomic E-state index is 9.51. The minimum Gasteiger partial charge on any atom is -0.268 e. The zero-order chi connectivity index (χ0) is 18.8. The van der Waals surface area contributed by atoms with Gasteiger partial charge in [0.05, 0.1) is 17.3 Å². The molecule has 4 nitrogen and oxygen atoms in total. The van der Waals surface area contributed by atoms with Crippen LogP contribution in [0.3, 0.4) is 0 Å². The van der Waals surface area contributed by atoms with Gasteiger partial charge in [-0.25, -0.2) is 0 Å². The van der Waals surface area contributed by atoms with Crippen LogP contribution >= 0.6 is 12.2 Å². The summed E-state index contributed by atoms with van der Waals surface area (Å²) in [5, 5.41) is 16.9. The molecule has 0 bridgehead atoms. The normalized spacial score (nSPS) is 11.1. The van der Waals surface area contributed by atoms with E-state index in [0.29, 0.717) is 28.0 Å². The van der Waals surface area contributed by atoms with Crippen LogP contribution in [0.2, 0.25) is 0 Å². The summed E-state index contributed by atoms with van der Waals surface area (Å²) in [6, 6.07) is 16.1. The fourth-order valence-corrected chi connectivity index (χ4v) is 3.45. The summed E-state index contributed by atoms with van der Waals surface area (Å²) >= 11 is 5.59. The Labute approximate surface area is 159 Å². The molecular formula is C21H22N4S. The van der Waals surface area contributed by atoms with Gasteiger partial charge in [-0.15, -0.1) is 0 Å². The molecule has 3 aromatic rings. The van der Waals surface area contributed by atoms with Crippen LogP contribution in [0, 0.1) is 16.1 Å². The van der Waals surface area contributed by atoms with Crippen molar-refractivity contribution in [2.45, 2.75) is 39.5 Å². The first-order valence-corrected chi connectivity index (χ1v) is 9.16. The number of H-pyrrole nitrogens is 1. The highest BCUT2D eigenvalue weighted by Gasteiger charge is 2.21. The minimum atomic E-state index is 0.333. The molecule has 0 saturated heterocycles. The lowest BCUT2D eigenvalue weighted by molar-refractivity contribution is 0.803. The molecule has 3 rings (SSSR count). The van der Waals surface area contributed by atoms with Crippen molar-refractivity contribution in [3.05, 3.63) is 63.9 Å². The largest absolute Gasteiger partial charge is 0.268 e. The van der Waals surface area contributed by atoms with E-state index in [1.807, 2.05) is 22.8 Å². The molecule has 0 aliphatic carbocycles. The second kappa shape index (κ2) is 7.27. The summed E-state index contributed by atoms with van der Waals surface area (Å²) < 4.78 is 2.51. The van der Waals surface area contributed by atoms with Crippen molar-refractivity contribution < 1.29 is 0 Å². The van der Waals surface area contributed by atoms with Gasteiger partial charge >= 0.3 is 0 Å². The lowest BCUT2D eigenvalue weighted by Gasteiger charge is -2.21. The Morgan fingerprint density at radius 2 is 1.62 bits per heavy atom. The van der Waals surface area contributed by atoms with Gasteiger partial charge < -0.3 is 0 Å². The number of rotatable bonds is 4. The SMILES string of the molecule is CC(C)c1cccc(C(C)C)c1-n1c(-c2ccccc2C#N)n[nH]c1=S. The van der Waals surface area contributed by atoms with Gasteiger partial charge in [0.25, 0.3) is 0 Å². The second-order valence-corrected chi connectivity index (χ2v) is 7.33. The van der Waals surface area contributed by atoms with Crippen LogP contribution in [0.1, 0.15) is 56.2 Å². The van der Waals surface area contributed by atoms with E-state index in [-0.39, 0.29) is 0 Å². The fraction of sp³-hybridized carbons (Fsp3) is 0.286. The lowest BCUT2D eigenvalue weighted by atomic mass is 9.92. The summed E-state index contributed by atoms with van der Waals surface area (Å²) in [7, 11) is 0. The van der Waals surface area contributed by atoms with Gasteiger partial charge in [-0.3, -0.25) is 9.67 Å². The highest BCUT2D eigenvalue weighted by Crippen LogP contribution is 2.34. The molecule has 0 unspecified atom stereocenters. The third-order valence-corrected chi connectivity index (χ3v) is 4.80. The fourth-order valence-electron chi connectivity index (χ4n) is 3.23. The zero-order valence-corrected chi connectivity index (χ0v) is 16.3. The Morgan fingerprint density at radius 3 is 2.19 bits per heavy atom. The molecular weight excluding hydrogens is 340 g/mol. The monoisotopic (exact) mass is 362 g/mol. The van der Waals surface area contributed by atoms with Gasteiger partial charge in [0.1, 0.15) is 0 Å². The zero-order valence-electron chi connectivity index (χ0n) is 15.4. The summed E-state index contributed by atoms with van der Waals surface area (Å²) in [6.45, 7) is 8.70. The number of nitrogens with one attached hydrogen (secondary N) is 1. The molecule has 0 radical (unpaired) electrons. The number of para-hydroxylation sites is 1. The van der Waals surface area contributed by atoms with E-state index in [4.69, 9.17) is 12.2 Å². The summed E-state index contributed by atoms with van der Waals surface area (Å²) in [5.41, 5.74) is 4.85.